The molecule has 0 heterocycles. The summed E-state index contributed by atoms with van der Waals surface area (Å²) in [6.07, 6.45) is 3.17. The van der Waals surface area contributed by atoms with Gasteiger partial charge in [-0.2, -0.15) is 0 Å². The normalized spacial score (nSPS) is 12.7. The molecular weight excluding hydrogens is 272 g/mol. The highest BCUT2D eigenvalue weighted by Gasteiger charge is 2.31. The molecule has 21 heavy (non-hydrogen) atoms. The van der Waals surface area contributed by atoms with Crippen molar-refractivity contribution in [3.63, 3.8) is 0 Å². The van der Waals surface area contributed by atoms with Gasteiger partial charge in [0.1, 0.15) is 11.6 Å². The number of carbonyl (C=O) groups is 2. The summed E-state index contributed by atoms with van der Waals surface area (Å²) < 4.78 is 10.4. The van der Waals surface area contributed by atoms with Gasteiger partial charge in [0.05, 0.1) is 6.61 Å². The van der Waals surface area contributed by atoms with Crippen molar-refractivity contribution in [3.8, 4) is 0 Å². The van der Waals surface area contributed by atoms with Gasteiger partial charge in [-0.1, -0.05) is 33.1 Å². The average molecular weight is 302 g/mol. The monoisotopic (exact) mass is 302 g/mol. The first-order valence-corrected chi connectivity index (χ1v) is 7.66. The fraction of sp³-hybridized carbons (Fsp3) is 0.867. The first-order valence-electron chi connectivity index (χ1n) is 7.66. The Balaban J connectivity index is 4.71. The number of hydrazine groups is 1. The number of amides is 1. The van der Waals surface area contributed by atoms with Gasteiger partial charge in [-0.15, -0.1) is 0 Å². The Hall–Kier alpha value is -1.30. The van der Waals surface area contributed by atoms with Crippen LogP contribution in [0.4, 0.5) is 4.79 Å². The number of hydrogen-bond donors (Lipinski definition) is 1. The predicted octanol–water partition coefficient (Wildman–Crippen LogP) is 3.00. The van der Waals surface area contributed by atoms with Crippen molar-refractivity contribution < 1.29 is 19.1 Å². The average Bonchev–Trinajstić information content (AvgIpc) is 2.37. The predicted molar refractivity (Wildman–Crippen MR) is 81.4 cm³/mol. The van der Waals surface area contributed by atoms with Crippen LogP contribution in [-0.4, -0.2) is 35.3 Å². The van der Waals surface area contributed by atoms with E-state index in [-0.39, 0.29) is 0 Å². The zero-order chi connectivity index (χ0) is 16.5. The Morgan fingerprint density at radius 1 is 1.14 bits per heavy atom. The third kappa shape index (κ3) is 8.55. The summed E-state index contributed by atoms with van der Waals surface area (Å²) in [4.78, 5) is 24.1. The number of nitrogens with two attached hydrogens (primary N) is 1. The molecule has 0 fully saturated rings. The summed E-state index contributed by atoms with van der Waals surface area (Å²) in [6.45, 7) is 9.62. The number of esters is 1. The van der Waals surface area contributed by atoms with Gasteiger partial charge in [-0.25, -0.2) is 20.4 Å². The van der Waals surface area contributed by atoms with Crippen molar-refractivity contribution in [1.82, 2.24) is 5.01 Å². The summed E-state index contributed by atoms with van der Waals surface area (Å²) in [5, 5.41) is 0.856. The van der Waals surface area contributed by atoms with Crippen LogP contribution in [-0.2, 0) is 14.3 Å². The maximum Gasteiger partial charge on any atom is 0.425 e. The van der Waals surface area contributed by atoms with Crippen molar-refractivity contribution in [2.45, 2.75) is 78.4 Å². The molecule has 6 heteroatoms. The molecule has 1 unspecified atom stereocenters. The van der Waals surface area contributed by atoms with Crippen LogP contribution in [0.2, 0.25) is 0 Å². The van der Waals surface area contributed by atoms with Gasteiger partial charge in [0.2, 0.25) is 0 Å². The highest BCUT2D eigenvalue weighted by atomic mass is 16.6. The van der Waals surface area contributed by atoms with E-state index in [1.54, 1.807) is 20.8 Å². The van der Waals surface area contributed by atoms with E-state index in [1.165, 1.54) is 0 Å². The highest BCUT2D eigenvalue weighted by Crippen LogP contribution is 2.14. The summed E-state index contributed by atoms with van der Waals surface area (Å²) in [5.41, 5.74) is -0.657. The minimum Gasteiger partial charge on any atom is -0.464 e. The minimum atomic E-state index is -0.795. The van der Waals surface area contributed by atoms with Crippen LogP contribution in [0.5, 0.6) is 0 Å². The lowest BCUT2D eigenvalue weighted by Gasteiger charge is -2.28. The second-order valence-electron chi connectivity index (χ2n) is 6.07. The van der Waals surface area contributed by atoms with E-state index in [0.29, 0.717) is 13.0 Å². The third-order valence-corrected chi connectivity index (χ3v) is 2.79. The number of nitrogens with zero attached hydrogens (tertiary/aromatic N) is 1. The smallest absolute Gasteiger partial charge is 0.425 e. The van der Waals surface area contributed by atoms with E-state index in [9.17, 15) is 9.59 Å². The number of hydrogen-bond acceptors (Lipinski definition) is 5. The molecule has 6 nitrogen and oxygen atoms in total. The van der Waals surface area contributed by atoms with Crippen LogP contribution in [0.3, 0.4) is 0 Å². The van der Waals surface area contributed by atoms with E-state index in [4.69, 9.17) is 15.3 Å². The minimum absolute atomic E-state index is 0.347. The zero-order valence-corrected chi connectivity index (χ0v) is 14.0. The van der Waals surface area contributed by atoms with Gasteiger partial charge in [-0.3, -0.25) is 0 Å². The molecule has 1 atom stereocenters. The Bertz CT molecular complexity index is 326. The van der Waals surface area contributed by atoms with E-state index in [2.05, 4.69) is 0 Å². The Labute approximate surface area is 127 Å². The molecule has 0 spiro atoms. The van der Waals surface area contributed by atoms with Crippen LogP contribution in [0, 0.1) is 0 Å². The number of ether oxygens (including phenoxy) is 2. The lowest BCUT2D eigenvalue weighted by Crippen LogP contribution is -2.51. The molecule has 2 N–H and O–H groups in total. The first-order chi connectivity index (χ1) is 9.72. The van der Waals surface area contributed by atoms with Gasteiger partial charge in [0.25, 0.3) is 0 Å². The molecule has 0 rings (SSSR count). The van der Waals surface area contributed by atoms with E-state index in [0.717, 1.165) is 30.7 Å². The van der Waals surface area contributed by atoms with E-state index < -0.39 is 23.7 Å². The molecule has 1 amide bonds. The first kappa shape index (κ1) is 19.7. The van der Waals surface area contributed by atoms with Gasteiger partial charge >= 0.3 is 12.1 Å². The van der Waals surface area contributed by atoms with Crippen LogP contribution in [0.1, 0.15) is 66.7 Å². The number of carbonyl (C=O) groups excluding carboxylic acids is 2. The van der Waals surface area contributed by atoms with E-state index in [1.807, 2.05) is 13.8 Å². The van der Waals surface area contributed by atoms with Crippen LogP contribution < -0.4 is 5.84 Å². The molecular formula is C15H30N2O4. The van der Waals surface area contributed by atoms with Crippen molar-refractivity contribution in [3.05, 3.63) is 0 Å². The van der Waals surface area contributed by atoms with Gasteiger partial charge in [-0.05, 0) is 33.6 Å². The van der Waals surface area contributed by atoms with Crippen LogP contribution in [0.15, 0.2) is 0 Å². The second-order valence-corrected chi connectivity index (χ2v) is 6.07. The Kier molecular flexibility index (Phi) is 9.01. The van der Waals surface area contributed by atoms with Crippen LogP contribution >= 0.6 is 0 Å². The summed E-state index contributed by atoms with van der Waals surface area (Å²) in [7, 11) is 0. The van der Waals surface area contributed by atoms with E-state index >= 15 is 0 Å². The van der Waals surface area contributed by atoms with Crippen LogP contribution in [0.25, 0.3) is 0 Å². The molecule has 0 saturated heterocycles. The molecule has 0 aliphatic rings. The molecule has 0 aromatic carbocycles. The quantitative estimate of drug-likeness (QED) is 0.245. The second kappa shape index (κ2) is 9.60. The number of rotatable bonds is 8. The molecule has 0 radical (unpaired) electrons. The highest BCUT2D eigenvalue weighted by molar-refractivity contribution is 5.81. The lowest BCUT2D eigenvalue weighted by molar-refractivity contribution is -0.150. The Morgan fingerprint density at radius 2 is 1.71 bits per heavy atom. The topological polar surface area (TPSA) is 81.9 Å². The van der Waals surface area contributed by atoms with Crippen molar-refractivity contribution >= 4 is 12.1 Å². The molecule has 0 aliphatic heterocycles. The Morgan fingerprint density at radius 3 is 2.19 bits per heavy atom. The van der Waals surface area contributed by atoms with Gasteiger partial charge in [0.15, 0.2) is 0 Å². The molecule has 0 aromatic heterocycles. The van der Waals surface area contributed by atoms with Gasteiger partial charge < -0.3 is 9.47 Å². The third-order valence-electron chi connectivity index (χ3n) is 2.79. The maximum atomic E-state index is 12.1. The molecule has 0 saturated carbocycles. The largest absolute Gasteiger partial charge is 0.464 e. The lowest BCUT2D eigenvalue weighted by atomic mass is 10.1. The zero-order valence-electron chi connectivity index (χ0n) is 14.0. The molecule has 0 aromatic rings. The van der Waals surface area contributed by atoms with Crippen molar-refractivity contribution in [2.75, 3.05) is 6.61 Å². The SMILES string of the molecule is CCCCOC(=O)C(CCCC)N(N)C(=O)OC(C)(C)C. The molecule has 124 valence electrons. The molecule has 0 bridgehead atoms. The summed E-state index contributed by atoms with van der Waals surface area (Å²) in [5.74, 6) is 5.31. The fourth-order valence-corrected chi connectivity index (χ4v) is 1.62. The maximum absolute atomic E-state index is 12.1. The fourth-order valence-electron chi connectivity index (χ4n) is 1.62. The standard InChI is InChI=1S/C15H30N2O4/c1-6-8-10-12(13(18)20-11-9-7-2)17(16)14(19)21-15(3,4)5/h12H,6-11,16H2,1-5H3. The molecule has 0 aliphatic carbocycles. The van der Waals surface area contributed by atoms with Gasteiger partial charge in [0, 0.05) is 0 Å². The van der Waals surface area contributed by atoms with Crippen molar-refractivity contribution in [2.24, 2.45) is 5.84 Å². The summed E-state index contributed by atoms with van der Waals surface area (Å²) in [6, 6.07) is -0.795. The number of unbranched alkanes of at least 4 members (excludes halogenated alkanes) is 2. The summed E-state index contributed by atoms with van der Waals surface area (Å²) >= 11 is 0. The van der Waals surface area contributed by atoms with Crippen molar-refractivity contribution in [1.29, 1.82) is 0 Å².